The average molecular weight is 567 g/mol. The lowest BCUT2D eigenvalue weighted by Gasteiger charge is -2.15. The van der Waals surface area contributed by atoms with Crippen molar-refractivity contribution in [2.45, 2.75) is 6.92 Å². The molecule has 0 bridgehead atoms. The number of benzene rings is 6. The highest BCUT2D eigenvalue weighted by Gasteiger charge is 2.23. The van der Waals surface area contributed by atoms with E-state index in [0.29, 0.717) is 0 Å². The SMILES string of the molecule is Cc1cccc2c1sc1c2c2ccccc2c2c3ccccc3n(C3=Nc4ccccc4/C(c4ccccc4)=C/C=C/3)c12. The first-order chi connectivity index (χ1) is 21.3. The Kier molecular flexibility index (Phi) is 5.32. The fourth-order valence-corrected chi connectivity index (χ4v) is 8.18. The number of thiophene rings is 1. The van der Waals surface area contributed by atoms with E-state index in [1.165, 1.54) is 63.9 Å². The summed E-state index contributed by atoms with van der Waals surface area (Å²) in [6, 6.07) is 43.5. The number of aliphatic imine (C=N–C) groups is 1. The van der Waals surface area contributed by atoms with E-state index in [9.17, 15) is 0 Å². The van der Waals surface area contributed by atoms with Crippen molar-refractivity contribution < 1.29 is 0 Å². The van der Waals surface area contributed by atoms with Crippen LogP contribution in [-0.4, -0.2) is 10.4 Å². The molecule has 3 heteroatoms. The molecule has 6 aromatic carbocycles. The van der Waals surface area contributed by atoms with Crippen LogP contribution >= 0.6 is 11.3 Å². The maximum atomic E-state index is 5.43. The summed E-state index contributed by atoms with van der Waals surface area (Å²) in [4.78, 5) is 5.43. The number of hydrogen-bond donors (Lipinski definition) is 0. The van der Waals surface area contributed by atoms with Gasteiger partial charge in [0, 0.05) is 31.8 Å². The minimum absolute atomic E-state index is 0.910. The van der Waals surface area contributed by atoms with Crippen molar-refractivity contribution in [1.29, 1.82) is 0 Å². The molecular formula is C40H26N2S. The third-order valence-corrected chi connectivity index (χ3v) is 10.1. The quantitative estimate of drug-likeness (QED) is 0.188. The third-order valence-electron chi connectivity index (χ3n) is 8.72. The number of allylic oxidation sites excluding steroid dienone is 3. The molecule has 1 aliphatic rings. The second kappa shape index (κ2) is 9.38. The zero-order valence-electron chi connectivity index (χ0n) is 23.6. The smallest absolute Gasteiger partial charge is 0.138 e. The standard InChI is InChI=1S/C40H26N2S/c1-25-13-11-21-32-37-30-18-6-5-17-29(30)36-31-19-8-10-23-34(31)42(38(36)40(37)43-39(25)32)35-24-12-20-27(26-14-3-2-4-15-26)28-16-7-9-22-33(28)41-35/h2-24H,1H3/b20-12?,24-12+,27-20+,28-27?,35-24?,41-33?,41-35?. The van der Waals surface area contributed by atoms with E-state index in [0.717, 1.165) is 22.6 Å². The van der Waals surface area contributed by atoms with E-state index in [4.69, 9.17) is 4.99 Å². The van der Waals surface area contributed by atoms with Gasteiger partial charge < -0.3 is 0 Å². The Morgan fingerprint density at radius 3 is 2.16 bits per heavy atom. The molecule has 0 radical (unpaired) electrons. The van der Waals surface area contributed by atoms with Gasteiger partial charge in [0.05, 0.1) is 21.4 Å². The van der Waals surface area contributed by atoms with Crippen molar-refractivity contribution >= 4 is 81.2 Å². The van der Waals surface area contributed by atoms with Gasteiger partial charge in [0.15, 0.2) is 0 Å². The molecule has 0 aliphatic carbocycles. The highest BCUT2D eigenvalue weighted by atomic mass is 32.1. The molecule has 9 rings (SSSR count). The van der Waals surface area contributed by atoms with Crippen LogP contribution in [0.15, 0.2) is 145 Å². The second-order valence-corrected chi connectivity index (χ2v) is 12.2. The monoisotopic (exact) mass is 566 g/mol. The van der Waals surface area contributed by atoms with E-state index in [1.807, 2.05) is 11.3 Å². The van der Waals surface area contributed by atoms with Gasteiger partial charge in [-0.15, -0.1) is 11.3 Å². The van der Waals surface area contributed by atoms with Crippen LogP contribution < -0.4 is 0 Å². The minimum atomic E-state index is 0.910. The minimum Gasteiger partial charge on any atom is -0.292 e. The summed E-state index contributed by atoms with van der Waals surface area (Å²) >= 11 is 1.91. The van der Waals surface area contributed by atoms with Crippen LogP contribution in [0, 0.1) is 6.92 Å². The van der Waals surface area contributed by atoms with E-state index < -0.39 is 0 Å². The number of fused-ring (bicyclic) bond motifs is 11. The Morgan fingerprint density at radius 1 is 0.605 bits per heavy atom. The molecule has 1 aliphatic heterocycles. The first-order valence-electron chi connectivity index (χ1n) is 14.7. The van der Waals surface area contributed by atoms with E-state index in [2.05, 4.69) is 151 Å². The topological polar surface area (TPSA) is 17.3 Å². The van der Waals surface area contributed by atoms with Crippen LogP contribution in [0.1, 0.15) is 16.7 Å². The summed E-state index contributed by atoms with van der Waals surface area (Å²) in [7, 11) is 0. The molecule has 0 spiro atoms. The van der Waals surface area contributed by atoms with E-state index >= 15 is 0 Å². The van der Waals surface area contributed by atoms with Crippen LogP contribution in [0.3, 0.4) is 0 Å². The number of aromatic nitrogens is 1. The molecule has 3 heterocycles. The molecule has 0 N–H and O–H groups in total. The Balaban J connectivity index is 1.45. The van der Waals surface area contributed by atoms with Gasteiger partial charge in [-0.3, -0.25) is 4.57 Å². The molecule has 0 atom stereocenters. The summed E-state index contributed by atoms with van der Waals surface area (Å²) in [5.41, 5.74) is 8.16. The zero-order valence-corrected chi connectivity index (χ0v) is 24.4. The van der Waals surface area contributed by atoms with Crippen molar-refractivity contribution in [3.63, 3.8) is 0 Å². The first kappa shape index (κ1) is 24.4. The summed E-state index contributed by atoms with van der Waals surface area (Å²) in [5.74, 6) is 0.910. The fraction of sp³-hybridized carbons (Fsp3) is 0.0250. The predicted octanol–water partition coefficient (Wildman–Crippen LogP) is 11.2. The van der Waals surface area contributed by atoms with Crippen molar-refractivity contribution in [2.24, 2.45) is 4.99 Å². The summed E-state index contributed by atoms with van der Waals surface area (Å²) in [6.07, 6.45) is 6.56. The van der Waals surface area contributed by atoms with Gasteiger partial charge in [-0.1, -0.05) is 121 Å². The molecular weight excluding hydrogens is 541 g/mol. The Labute approximate surface area is 253 Å². The first-order valence-corrected chi connectivity index (χ1v) is 15.5. The molecule has 0 saturated heterocycles. The molecule has 2 nitrogen and oxygen atoms in total. The van der Waals surface area contributed by atoms with Crippen LogP contribution in [-0.2, 0) is 0 Å². The number of para-hydroxylation sites is 2. The van der Waals surface area contributed by atoms with Crippen molar-refractivity contribution in [2.75, 3.05) is 0 Å². The molecule has 0 amide bonds. The number of aryl methyl sites for hydroxylation is 1. The van der Waals surface area contributed by atoms with Crippen molar-refractivity contribution in [3.05, 3.63) is 156 Å². The van der Waals surface area contributed by atoms with Crippen LogP contribution in [0.5, 0.6) is 0 Å². The molecule has 2 aromatic heterocycles. The van der Waals surface area contributed by atoms with Crippen molar-refractivity contribution in [3.8, 4) is 0 Å². The van der Waals surface area contributed by atoms with Gasteiger partial charge in [0.2, 0.25) is 0 Å². The molecule has 43 heavy (non-hydrogen) atoms. The van der Waals surface area contributed by atoms with Crippen molar-refractivity contribution in [1.82, 2.24) is 4.57 Å². The van der Waals surface area contributed by atoms with Crippen LogP contribution in [0.25, 0.3) is 58.3 Å². The zero-order chi connectivity index (χ0) is 28.5. The molecule has 0 saturated carbocycles. The Bertz CT molecular complexity index is 2500. The van der Waals surface area contributed by atoms with Crippen LogP contribution in [0.4, 0.5) is 5.69 Å². The highest BCUT2D eigenvalue weighted by molar-refractivity contribution is 7.27. The van der Waals surface area contributed by atoms with Gasteiger partial charge in [0.1, 0.15) is 5.84 Å². The molecule has 0 unspecified atom stereocenters. The highest BCUT2D eigenvalue weighted by Crippen LogP contribution is 2.48. The molecule has 0 fully saturated rings. The summed E-state index contributed by atoms with van der Waals surface area (Å²) < 4.78 is 5.06. The number of hydrogen-bond acceptors (Lipinski definition) is 2. The molecule has 8 aromatic rings. The summed E-state index contributed by atoms with van der Waals surface area (Å²) in [5, 5.41) is 7.78. The fourth-order valence-electron chi connectivity index (χ4n) is 6.85. The second-order valence-electron chi connectivity index (χ2n) is 11.2. The maximum absolute atomic E-state index is 5.43. The van der Waals surface area contributed by atoms with Gasteiger partial charge in [-0.25, -0.2) is 4.99 Å². The number of nitrogens with zero attached hydrogens (tertiary/aromatic N) is 2. The lowest BCUT2D eigenvalue weighted by Crippen LogP contribution is -2.09. The maximum Gasteiger partial charge on any atom is 0.138 e. The van der Waals surface area contributed by atoms with Gasteiger partial charge in [-0.2, -0.15) is 0 Å². The Morgan fingerprint density at radius 2 is 1.30 bits per heavy atom. The van der Waals surface area contributed by atoms with Crippen LogP contribution in [0.2, 0.25) is 0 Å². The number of rotatable bonds is 1. The van der Waals surface area contributed by atoms with Gasteiger partial charge in [0.25, 0.3) is 0 Å². The average Bonchev–Trinajstić information content (AvgIpc) is 3.60. The Hall–Kier alpha value is -5.25. The third kappa shape index (κ3) is 3.55. The van der Waals surface area contributed by atoms with E-state index in [1.54, 1.807) is 0 Å². The van der Waals surface area contributed by atoms with E-state index in [-0.39, 0.29) is 0 Å². The summed E-state index contributed by atoms with van der Waals surface area (Å²) in [6.45, 7) is 2.22. The lowest BCUT2D eigenvalue weighted by molar-refractivity contribution is 1.27. The largest absolute Gasteiger partial charge is 0.292 e. The normalized spacial score (nSPS) is 15.4. The van der Waals surface area contributed by atoms with Gasteiger partial charge >= 0.3 is 0 Å². The molecule has 202 valence electrons. The lowest BCUT2D eigenvalue weighted by atomic mass is 9.95. The van der Waals surface area contributed by atoms with Gasteiger partial charge in [-0.05, 0) is 52.6 Å². The predicted molar refractivity (Wildman–Crippen MR) is 186 cm³/mol.